The Hall–Kier alpha value is -2.14. The zero-order chi connectivity index (χ0) is 15.7. The first-order valence-corrected chi connectivity index (χ1v) is 7.57. The maximum atomic E-state index is 12.4. The van der Waals surface area contributed by atoms with E-state index in [2.05, 4.69) is 16.9 Å². The van der Waals surface area contributed by atoms with Crippen LogP contribution in [0.1, 0.15) is 31.1 Å². The van der Waals surface area contributed by atoms with Crippen molar-refractivity contribution in [1.29, 1.82) is 0 Å². The summed E-state index contributed by atoms with van der Waals surface area (Å²) in [6.45, 7) is 3.71. The Kier molecular flexibility index (Phi) is 3.98. The van der Waals surface area contributed by atoms with Crippen molar-refractivity contribution < 1.29 is 9.21 Å². The van der Waals surface area contributed by atoms with E-state index in [-0.39, 0.29) is 11.9 Å². The minimum atomic E-state index is -0.232. The zero-order valence-corrected chi connectivity index (χ0v) is 13.0. The van der Waals surface area contributed by atoms with Crippen molar-refractivity contribution in [3.8, 4) is 0 Å². The van der Waals surface area contributed by atoms with E-state index in [1.54, 1.807) is 6.08 Å². The summed E-state index contributed by atoms with van der Waals surface area (Å²) in [5.74, 6) is 1.25. The summed E-state index contributed by atoms with van der Waals surface area (Å²) >= 11 is 0. The summed E-state index contributed by atoms with van der Waals surface area (Å²) in [7, 11) is 3.77. The fraction of sp³-hybridized carbons (Fsp3) is 0.412. The van der Waals surface area contributed by atoms with Gasteiger partial charge in [-0.15, -0.1) is 6.58 Å². The Morgan fingerprint density at radius 2 is 2.32 bits per heavy atom. The number of carbonyl (C=O) groups excluding carboxylic acids is 1. The molecule has 1 unspecified atom stereocenters. The highest BCUT2D eigenvalue weighted by atomic mass is 16.3. The van der Waals surface area contributed by atoms with Gasteiger partial charge >= 0.3 is 0 Å². The molecule has 1 heterocycles. The highest BCUT2D eigenvalue weighted by molar-refractivity contribution is 5.96. The third-order valence-corrected chi connectivity index (χ3v) is 3.92. The number of amides is 1. The molecule has 1 amide bonds. The van der Waals surface area contributed by atoms with Gasteiger partial charge < -0.3 is 9.73 Å². The molecular weight excluding hydrogens is 278 g/mol. The third-order valence-electron chi connectivity index (χ3n) is 3.92. The number of hydrogen-bond acceptors (Lipinski definition) is 4. The number of oxazole rings is 1. The van der Waals surface area contributed by atoms with Gasteiger partial charge in [-0.1, -0.05) is 6.08 Å². The minimum Gasteiger partial charge on any atom is -0.440 e. The van der Waals surface area contributed by atoms with Gasteiger partial charge in [-0.25, -0.2) is 4.98 Å². The molecule has 5 heteroatoms. The lowest BCUT2D eigenvalue weighted by Crippen LogP contribution is -2.39. The Labute approximate surface area is 130 Å². The largest absolute Gasteiger partial charge is 0.440 e. The van der Waals surface area contributed by atoms with Gasteiger partial charge in [-0.3, -0.25) is 9.69 Å². The molecule has 0 aliphatic heterocycles. The zero-order valence-electron chi connectivity index (χ0n) is 13.0. The van der Waals surface area contributed by atoms with E-state index in [1.165, 1.54) is 0 Å². The summed E-state index contributed by atoms with van der Waals surface area (Å²) in [6.07, 6.45) is 4.67. The SMILES string of the molecule is C=CCC(C(=O)Nc1ccc2nc(C3CC3)oc2c1)N(C)C. The van der Waals surface area contributed by atoms with E-state index in [4.69, 9.17) is 4.42 Å². The minimum absolute atomic E-state index is 0.0498. The van der Waals surface area contributed by atoms with Crippen LogP contribution in [-0.4, -0.2) is 35.9 Å². The monoisotopic (exact) mass is 299 g/mol. The Morgan fingerprint density at radius 3 is 2.95 bits per heavy atom. The van der Waals surface area contributed by atoms with Crippen molar-refractivity contribution in [1.82, 2.24) is 9.88 Å². The van der Waals surface area contributed by atoms with Crippen LogP contribution in [0.3, 0.4) is 0 Å². The van der Waals surface area contributed by atoms with Crippen LogP contribution in [0, 0.1) is 0 Å². The van der Waals surface area contributed by atoms with E-state index in [1.807, 2.05) is 37.2 Å². The number of rotatable bonds is 6. The van der Waals surface area contributed by atoms with Crippen molar-refractivity contribution in [3.63, 3.8) is 0 Å². The van der Waals surface area contributed by atoms with Crippen molar-refractivity contribution in [2.24, 2.45) is 0 Å². The van der Waals surface area contributed by atoms with Gasteiger partial charge in [0.15, 0.2) is 11.5 Å². The van der Waals surface area contributed by atoms with Gasteiger partial charge in [0.1, 0.15) is 5.52 Å². The Morgan fingerprint density at radius 1 is 1.55 bits per heavy atom. The van der Waals surface area contributed by atoms with Crippen LogP contribution in [0.5, 0.6) is 0 Å². The summed E-state index contributed by atoms with van der Waals surface area (Å²) < 4.78 is 5.78. The topological polar surface area (TPSA) is 58.4 Å². The summed E-state index contributed by atoms with van der Waals surface area (Å²) in [6, 6.07) is 5.36. The van der Waals surface area contributed by atoms with E-state index >= 15 is 0 Å². The second-order valence-electron chi connectivity index (χ2n) is 6.00. The Balaban J connectivity index is 1.77. The number of fused-ring (bicyclic) bond motifs is 1. The van der Waals surface area contributed by atoms with Crippen LogP contribution >= 0.6 is 0 Å². The third kappa shape index (κ3) is 3.04. The maximum Gasteiger partial charge on any atom is 0.242 e. The molecule has 1 aliphatic rings. The van der Waals surface area contributed by atoms with Crippen molar-refractivity contribution in [3.05, 3.63) is 36.7 Å². The normalized spacial score (nSPS) is 16.0. The molecule has 0 radical (unpaired) electrons. The van der Waals surface area contributed by atoms with E-state index in [0.717, 1.165) is 35.5 Å². The molecule has 0 bridgehead atoms. The molecule has 5 nitrogen and oxygen atoms in total. The number of nitrogens with one attached hydrogen (secondary N) is 1. The van der Waals surface area contributed by atoms with E-state index in [0.29, 0.717) is 12.3 Å². The molecule has 1 atom stereocenters. The fourth-order valence-electron chi connectivity index (χ4n) is 2.46. The van der Waals surface area contributed by atoms with Crippen LogP contribution in [0.4, 0.5) is 5.69 Å². The van der Waals surface area contributed by atoms with Gasteiger partial charge in [0.2, 0.25) is 5.91 Å². The quantitative estimate of drug-likeness (QED) is 0.832. The first-order valence-electron chi connectivity index (χ1n) is 7.57. The molecule has 22 heavy (non-hydrogen) atoms. The molecule has 1 aliphatic carbocycles. The lowest BCUT2D eigenvalue weighted by atomic mass is 10.1. The fourth-order valence-corrected chi connectivity index (χ4v) is 2.46. The van der Waals surface area contributed by atoms with Crippen LogP contribution in [-0.2, 0) is 4.79 Å². The van der Waals surface area contributed by atoms with Crippen LogP contribution < -0.4 is 5.32 Å². The first kappa shape index (κ1) is 14.8. The molecule has 1 aromatic carbocycles. The summed E-state index contributed by atoms with van der Waals surface area (Å²) in [5, 5.41) is 2.94. The van der Waals surface area contributed by atoms with Crippen molar-refractivity contribution >= 4 is 22.7 Å². The molecule has 2 aromatic rings. The second kappa shape index (κ2) is 5.93. The summed E-state index contributed by atoms with van der Waals surface area (Å²) in [5.41, 5.74) is 2.30. The van der Waals surface area contributed by atoms with Crippen molar-refractivity contribution in [2.45, 2.75) is 31.2 Å². The number of nitrogens with zero attached hydrogens (tertiary/aromatic N) is 2. The number of benzene rings is 1. The van der Waals surface area contributed by atoms with Gasteiger partial charge in [0, 0.05) is 17.7 Å². The lowest BCUT2D eigenvalue weighted by molar-refractivity contribution is -0.120. The molecule has 1 fully saturated rings. The van der Waals surface area contributed by atoms with Crippen molar-refractivity contribution in [2.75, 3.05) is 19.4 Å². The van der Waals surface area contributed by atoms with Gasteiger partial charge in [-0.2, -0.15) is 0 Å². The molecule has 1 aromatic heterocycles. The molecular formula is C17H21N3O2. The average Bonchev–Trinajstić information content (AvgIpc) is 3.24. The molecule has 0 saturated heterocycles. The molecule has 116 valence electrons. The predicted molar refractivity (Wildman–Crippen MR) is 86.9 cm³/mol. The number of aromatic nitrogens is 1. The van der Waals surface area contributed by atoms with Gasteiger partial charge in [-0.05, 0) is 45.5 Å². The molecule has 1 saturated carbocycles. The lowest BCUT2D eigenvalue weighted by Gasteiger charge is -2.22. The maximum absolute atomic E-state index is 12.4. The number of anilines is 1. The van der Waals surface area contributed by atoms with Gasteiger partial charge in [0.05, 0.1) is 6.04 Å². The van der Waals surface area contributed by atoms with Crippen LogP contribution in [0.15, 0.2) is 35.3 Å². The highest BCUT2D eigenvalue weighted by Crippen LogP contribution is 2.40. The highest BCUT2D eigenvalue weighted by Gasteiger charge is 2.29. The van der Waals surface area contributed by atoms with Gasteiger partial charge in [0.25, 0.3) is 0 Å². The molecule has 3 rings (SSSR count). The summed E-state index contributed by atoms with van der Waals surface area (Å²) in [4.78, 5) is 18.7. The molecule has 1 N–H and O–H groups in total. The van der Waals surface area contributed by atoms with E-state index in [9.17, 15) is 4.79 Å². The average molecular weight is 299 g/mol. The smallest absolute Gasteiger partial charge is 0.242 e. The first-order chi connectivity index (χ1) is 10.6. The standard InChI is InChI=1S/C17H21N3O2/c1-4-5-14(20(2)3)16(21)18-12-8-9-13-15(10-12)22-17(19-13)11-6-7-11/h4,8-11,14H,1,5-7H2,2-3H3,(H,18,21). The number of hydrogen-bond donors (Lipinski definition) is 1. The van der Waals surface area contributed by atoms with Crippen LogP contribution in [0.25, 0.3) is 11.1 Å². The number of carbonyl (C=O) groups is 1. The van der Waals surface area contributed by atoms with E-state index < -0.39 is 0 Å². The Bertz CT molecular complexity index is 701. The predicted octanol–water partition coefficient (Wildman–Crippen LogP) is 3.15. The number of likely N-dealkylation sites (N-methyl/N-ethyl adjacent to an activating group) is 1. The second-order valence-corrected chi connectivity index (χ2v) is 6.00. The molecule has 0 spiro atoms. The van der Waals surface area contributed by atoms with Crippen LogP contribution in [0.2, 0.25) is 0 Å².